The molecule has 5 N–H and O–H groups in total. The van der Waals surface area contributed by atoms with Crippen LogP contribution in [-0.4, -0.2) is 46.6 Å². The Morgan fingerprint density at radius 1 is 1.03 bits per heavy atom. The van der Waals surface area contributed by atoms with Crippen molar-refractivity contribution >= 4 is 23.6 Å². The number of nitrogens with zero attached hydrogens (tertiary/aromatic N) is 1. The molecule has 0 aliphatic carbocycles. The smallest absolute Gasteiger partial charge is 0.408 e. The number of ether oxygens (including phenoxy) is 1. The van der Waals surface area contributed by atoms with E-state index in [2.05, 4.69) is 10.6 Å². The first-order chi connectivity index (χ1) is 14.8. The number of alkyl carbamates (subject to hydrolysis) is 1. The number of nitro groups is 1. The molecule has 2 rings (SSSR count). The average molecular weight is 430 g/mol. The Labute approximate surface area is 177 Å². The molecule has 0 heterocycles. The molecule has 2 aromatic carbocycles. The summed E-state index contributed by atoms with van der Waals surface area (Å²) in [6, 6.07) is 11.8. The van der Waals surface area contributed by atoms with Gasteiger partial charge in [-0.1, -0.05) is 48.5 Å². The second kappa shape index (κ2) is 11.3. The first kappa shape index (κ1) is 23.3. The van der Waals surface area contributed by atoms with Crippen molar-refractivity contribution in [3.8, 4) is 0 Å². The number of amides is 3. The predicted octanol–water partition coefficient (Wildman–Crippen LogP) is 0.395. The zero-order valence-electron chi connectivity index (χ0n) is 16.4. The van der Waals surface area contributed by atoms with Crippen molar-refractivity contribution in [2.45, 2.75) is 25.1 Å². The molecule has 2 atom stereocenters. The van der Waals surface area contributed by atoms with Gasteiger partial charge in [-0.05, 0) is 5.56 Å². The van der Waals surface area contributed by atoms with E-state index in [0.29, 0.717) is 0 Å². The van der Waals surface area contributed by atoms with E-state index in [0.717, 1.165) is 5.56 Å². The van der Waals surface area contributed by atoms with Gasteiger partial charge in [0.2, 0.25) is 11.8 Å². The zero-order chi connectivity index (χ0) is 22.8. The highest BCUT2D eigenvalue weighted by Gasteiger charge is 2.27. The molecule has 0 fully saturated rings. The van der Waals surface area contributed by atoms with Crippen LogP contribution in [0, 0.1) is 10.1 Å². The maximum absolute atomic E-state index is 12.4. The molecule has 11 heteroatoms. The maximum Gasteiger partial charge on any atom is 0.408 e. The highest BCUT2D eigenvalue weighted by molar-refractivity contribution is 5.91. The molecule has 164 valence electrons. The van der Waals surface area contributed by atoms with Gasteiger partial charge in [-0.15, -0.1) is 0 Å². The van der Waals surface area contributed by atoms with E-state index in [1.54, 1.807) is 36.4 Å². The van der Waals surface area contributed by atoms with Crippen molar-refractivity contribution in [2.75, 3.05) is 6.61 Å². The van der Waals surface area contributed by atoms with Gasteiger partial charge in [0.15, 0.2) is 0 Å². The fourth-order valence-corrected chi connectivity index (χ4v) is 2.68. The number of aliphatic hydroxyl groups excluding tert-OH is 1. The van der Waals surface area contributed by atoms with E-state index in [4.69, 9.17) is 10.5 Å². The quantitative estimate of drug-likeness (QED) is 0.311. The van der Waals surface area contributed by atoms with Crippen LogP contribution in [-0.2, 0) is 27.4 Å². The number of carbonyl (C=O) groups is 3. The van der Waals surface area contributed by atoms with E-state index in [-0.39, 0.29) is 24.3 Å². The van der Waals surface area contributed by atoms with Crippen LogP contribution < -0.4 is 16.4 Å². The third-order valence-corrected chi connectivity index (χ3v) is 4.28. The molecule has 0 saturated heterocycles. The fourth-order valence-electron chi connectivity index (χ4n) is 2.68. The lowest BCUT2D eigenvalue weighted by Crippen LogP contribution is -2.55. The summed E-state index contributed by atoms with van der Waals surface area (Å²) >= 11 is 0. The summed E-state index contributed by atoms with van der Waals surface area (Å²) < 4.78 is 4.99. The van der Waals surface area contributed by atoms with Crippen LogP contribution in [0.4, 0.5) is 10.5 Å². The number of para-hydroxylation sites is 1. The lowest BCUT2D eigenvalue weighted by Gasteiger charge is -2.20. The van der Waals surface area contributed by atoms with Crippen molar-refractivity contribution in [3.05, 3.63) is 75.8 Å². The minimum atomic E-state index is -1.42. The Balaban J connectivity index is 1.99. The first-order valence-corrected chi connectivity index (χ1v) is 9.22. The van der Waals surface area contributed by atoms with Gasteiger partial charge in [-0.25, -0.2) is 4.79 Å². The number of aliphatic hydroxyl groups is 1. The Kier molecular flexibility index (Phi) is 8.46. The fraction of sp³-hybridized carbons (Fsp3) is 0.250. The maximum atomic E-state index is 12.4. The minimum absolute atomic E-state index is 0.0476. The van der Waals surface area contributed by atoms with Crippen molar-refractivity contribution in [2.24, 2.45) is 5.73 Å². The van der Waals surface area contributed by atoms with Gasteiger partial charge < -0.3 is 26.2 Å². The summed E-state index contributed by atoms with van der Waals surface area (Å²) in [4.78, 5) is 46.7. The zero-order valence-corrected chi connectivity index (χ0v) is 16.4. The number of primary amides is 1. The van der Waals surface area contributed by atoms with Crippen molar-refractivity contribution in [3.63, 3.8) is 0 Å². The number of nitro benzene ring substituents is 1. The summed E-state index contributed by atoms with van der Waals surface area (Å²) in [6.45, 7) is -0.822. The largest absolute Gasteiger partial charge is 0.445 e. The molecule has 0 unspecified atom stereocenters. The molecule has 0 bridgehead atoms. The average Bonchev–Trinajstić information content (AvgIpc) is 2.76. The normalized spacial score (nSPS) is 12.3. The topological polar surface area (TPSA) is 174 Å². The Bertz CT molecular complexity index is 936. The standard InChI is InChI=1S/C20H22N4O7/c21-18(26)15(10-14-8-4-5-9-17(14)24(29)30)22-19(27)16(11-25)23-20(28)31-12-13-6-2-1-3-7-13/h1-9,15-16,25H,10-12H2,(H2,21,26)(H,22,27)(H,23,28)/t15-,16+/m1/s1. The van der Waals surface area contributed by atoms with E-state index in [9.17, 15) is 29.6 Å². The molecule has 0 saturated carbocycles. The van der Waals surface area contributed by atoms with Crippen LogP contribution in [0.2, 0.25) is 0 Å². The summed E-state index contributed by atoms with van der Waals surface area (Å²) in [5.74, 6) is -1.84. The number of hydrogen-bond donors (Lipinski definition) is 4. The molecule has 0 aromatic heterocycles. The van der Waals surface area contributed by atoms with Crippen molar-refractivity contribution in [1.29, 1.82) is 0 Å². The lowest BCUT2D eigenvalue weighted by molar-refractivity contribution is -0.385. The summed E-state index contributed by atoms with van der Waals surface area (Å²) in [5, 5.41) is 25.1. The number of carbonyl (C=O) groups excluding carboxylic acids is 3. The number of nitrogens with one attached hydrogen (secondary N) is 2. The summed E-state index contributed by atoms with van der Waals surface area (Å²) in [6.07, 6.45) is -1.19. The molecule has 31 heavy (non-hydrogen) atoms. The second-order valence-electron chi connectivity index (χ2n) is 6.49. The molecule has 0 spiro atoms. The molecule has 0 aliphatic heterocycles. The monoisotopic (exact) mass is 430 g/mol. The Hall–Kier alpha value is -3.99. The van der Waals surface area contributed by atoms with Crippen LogP contribution in [0.1, 0.15) is 11.1 Å². The van der Waals surface area contributed by atoms with Gasteiger partial charge in [0.05, 0.1) is 11.5 Å². The van der Waals surface area contributed by atoms with Crippen LogP contribution in [0.5, 0.6) is 0 Å². The van der Waals surface area contributed by atoms with Gasteiger partial charge in [0.25, 0.3) is 5.69 Å². The molecule has 0 radical (unpaired) electrons. The van der Waals surface area contributed by atoms with Gasteiger partial charge in [0.1, 0.15) is 18.7 Å². The van der Waals surface area contributed by atoms with Gasteiger partial charge in [0, 0.05) is 18.1 Å². The van der Waals surface area contributed by atoms with E-state index >= 15 is 0 Å². The number of hydrogen-bond acceptors (Lipinski definition) is 7. The first-order valence-electron chi connectivity index (χ1n) is 9.22. The van der Waals surface area contributed by atoms with Gasteiger partial charge in [-0.2, -0.15) is 0 Å². The number of benzene rings is 2. The molecular weight excluding hydrogens is 408 g/mol. The summed E-state index contributed by atoms with van der Waals surface area (Å²) in [5.41, 5.74) is 5.99. The van der Waals surface area contributed by atoms with Crippen molar-refractivity contribution < 1.29 is 29.2 Å². The highest BCUT2D eigenvalue weighted by atomic mass is 16.6. The molecule has 0 aliphatic rings. The molecule has 2 aromatic rings. The molecule has 3 amide bonds. The minimum Gasteiger partial charge on any atom is -0.445 e. The van der Waals surface area contributed by atoms with Gasteiger partial charge >= 0.3 is 6.09 Å². The highest BCUT2D eigenvalue weighted by Crippen LogP contribution is 2.19. The van der Waals surface area contributed by atoms with Crippen LogP contribution >= 0.6 is 0 Å². The Morgan fingerprint density at radius 2 is 1.68 bits per heavy atom. The second-order valence-corrected chi connectivity index (χ2v) is 6.49. The summed E-state index contributed by atoms with van der Waals surface area (Å²) in [7, 11) is 0. The van der Waals surface area contributed by atoms with Gasteiger partial charge in [-0.3, -0.25) is 19.7 Å². The molecule has 11 nitrogen and oxygen atoms in total. The predicted molar refractivity (Wildman–Crippen MR) is 109 cm³/mol. The Morgan fingerprint density at radius 3 is 2.29 bits per heavy atom. The third kappa shape index (κ3) is 7.08. The van der Waals surface area contributed by atoms with Crippen LogP contribution in [0.25, 0.3) is 0 Å². The third-order valence-electron chi connectivity index (χ3n) is 4.28. The molecular formula is C20H22N4O7. The van der Waals surface area contributed by atoms with Crippen molar-refractivity contribution in [1.82, 2.24) is 10.6 Å². The van der Waals surface area contributed by atoms with Crippen LogP contribution in [0.15, 0.2) is 54.6 Å². The van der Waals surface area contributed by atoms with E-state index < -0.39 is 41.5 Å². The SMILES string of the molecule is NC(=O)[C@@H](Cc1ccccc1[N+](=O)[O-])NC(=O)[C@H](CO)NC(=O)OCc1ccccc1. The number of nitrogens with two attached hydrogens (primary N) is 1. The number of rotatable bonds is 10. The lowest BCUT2D eigenvalue weighted by atomic mass is 10.0. The van der Waals surface area contributed by atoms with E-state index in [1.165, 1.54) is 18.2 Å². The van der Waals surface area contributed by atoms with Crippen LogP contribution in [0.3, 0.4) is 0 Å². The van der Waals surface area contributed by atoms with E-state index in [1.807, 2.05) is 0 Å².